The maximum absolute atomic E-state index is 13.8. The van der Waals surface area contributed by atoms with Crippen molar-refractivity contribution in [2.75, 3.05) is 17.2 Å². The van der Waals surface area contributed by atoms with Gasteiger partial charge in [0.15, 0.2) is 0 Å². The number of benzene rings is 1. The van der Waals surface area contributed by atoms with E-state index < -0.39 is 0 Å². The first kappa shape index (κ1) is 11.2. The molecule has 0 amide bonds. The van der Waals surface area contributed by atoms with Crippen molar-refractivity contribution in [3.05, 3.63) is 24.0 Å². The normalized spacial score (nSPS) is 20.8. The Morgan fingerprint density at radius 2 is 2.19 bits per heavy atom. The Morgan fingerprint density at radius 3 is 2.81 bits per heavy atom. The van der Waals surface area contributed by atoms with Gasteiger partial charge in [-0.15, -0.1) is 0 Å². The molecule has 0 aliphatic carbocycles. The van der Waals surface area contributed by atoms with Gasteiger partial charge in [-0.25, -0.2) is 4.39 Å². The highest BCUT2D eigenvalue weighted by Gasteiger charge is 2.28. The molecule has 0 aromatic heterocycles. The summed E-state index contributed by atoms with van der Waals surface area (Å²) in [5.74, 6) is 0.354. The van der Waals surface area contributed by atoms with Crippen molar-refractivity contribution in [3.8, 4) is 0 Å². The van der Waals surface area contributed by atoms with E-state index in [1.54, 1.807) is 12.1 Å². The van der Waals surface area contributed by atoms with Crippen molar-refractivity contribution in [2.45, 2.75) is 32.7 Å². The average Bonchev–Trinajstić information content (AvgIpc) is 2.66. The van der Waals surface area contributed by atoms with Gasteiger partial charge in [0.05, 0.1) is 5.69 Å². The number of nitrogens with zero attached hydrogens (tertiary/aromatic N) is 1. The molecule has 1 saturated heterocycles. The van der Waals surface area contributed by atoms with Crippen LogP contribution in [0, 0.1) is 11.7 Å². The lowest BCUT2D eigenvalue weighted by molar-refractivity contribution is 0.486. The zero-order valence-electron chi connectivity index (χ0n) is 9.91. The van der Waals surface area contributed by atoms with Gasteiger partial charge in [0.25, 0.3) is 0 Å². The molecule has 0 saturated carbocycles. The maximum atomic E-state index is 13.8. The van der Waals surface area contributed by atoms with Gasteiger partial charge in [-0.1, -0.05) is 13.8 Å². The van der Waals surface area contributed by atoms with Crippen LogP contribution >= 0.6 is 0 Å². The fraction of sp³-hybridized carbons (Fsp3) is 0.538. The third kappa shape index (κ3) is 1.99. The topological polar surface area (TPSA) is 29.3 Å². The van der Waals surface area contributed by atoms with E-state index in [9.17, 15) is 4.39 Å². The first-order chi connectivity index (χ1) is 7.59. The largest absolute Gasteiger partial charge is 0.399 e. The average molecular weight is 222 g/mol. The standard InChI is InChI=1S/C13H19FN2/c1-9(2)12-4-3-7-16(12)13-6-5-10(15)8-11(13)14/h5-6,8-9,12H,3-4,7,15H2,1-2H3. The van der Waals surface area contributed by atoms with Gasteiger partial charge >= 0.3 is 0 Å². The maximum Gasteiger partial charge on any atom is 0.148 e. The minimum absolute atomic E-state index is 0.201. The molecule has 1 aromatic rings. The van der Waals surface area contributed by atoms with Crippen LogP contribution in [-0.4, -0.2) is 12.6 Å². The van der Waals surface area contributed by atoms with Crippen molar-refractivity contribution in [3.63, 3.8) is 0 Å². The summed E-state index contributed by atoms with van der Waals surface area (Å²) in [6.45, 7) is 5.33. The molecule has 1 atom stereocenters. The van der Waals surface area contributed by atoms with E-state index >= 15 is 0 Å². The molecule has 1 aromatic carbocycles. The molecule has 16 heavy (non-hydrogen) atoms. The van der Waals surface area contributed by atoms with Crippen molar-refractivity contribution in [1.82, 2.24) is 0 Å². The van der Waals surface area contributed by atoms with E-state index in [1.807, 2.05) is 0 Å². The van der Waals surface area contributed by atoms with Gasteiger partial charge in [0.1, 0.15) is 5.82 Å². The molecule has 1 heterocycles. The van der Waals surface area contributed by atoms with Crippen molar-refractivity contribution in [2.24, 2.45) is 5.92 Å². The fourth-order valence-electron chi connectivity index (χ4n) is 2.54. The second-order valence-electron chi connectivity index (χ2n) is 4.86. The highest BCUT2D eigenvalue weighted by Crippen LogP contribution is 2.32. The number of rotatable bonds is 2. The van der Waals surface area contributed by atoms with Gasteiger partial charge in [0, 0.05) is 18.3 Å². The lowest BCUT2D eigenvalue weighted by Crippen LogP contribution is -2.33. The minimum Gasteiger partial charge on any atom is -0.399 e. The molecule has 1 fully saturated rings. The number of hydrogen-bond donors (Lipinski definition) is 1. The van der Waals surface area contributed by atoms with Crippen molar-refractivity contribution < 1.29 is 4.39 Å². The summed E-state index contributed by atoms with van der Waals surface area (Å²) >= 11 is 0. The van der Waals surface area contributed by atoms with Crippen LogP contribution in [0.1, 0.15) is 26.7 Å². The van der Waals surface area contributed by atoms with Gasteiger partial charge < -0.3 is 10.6 Å². The van der Waals surface area contributed by atoms with E-state index in [0.29, 0.717) is 23.3 Å². The Kier molecular flexibility index (Phi) is 3.03. The SMILES string of the molecule is CC(C)C1CCCN1c1ccc(N)cc1F. The monoisotopic (exact) mass is 222 g/mol. The van der Waals surface area contributed by atoms with Gasteiger partial charge in [-0.3, -0.25) is 0 Å². The molecule has 2 N–H and O–H groups in total. The lowest BCUT2D eigenvalue weighted by atomic mass is 10.0. The summed E-state index contributed by atoms with van der Waals surface area (Å²) in [4.78, 5) is 2.18. The Bertz CT molecular complexity index is 376. The van der Waals surface area contributed by atoms with Crippen LogP contribution in [0.3, 0.4) is 0 Å². The highest BCUT2D eigenvalue weighted by molar-refractivity contribution is 5.55. The van der Waals surface area contributed by atoms with Crippen molar-refractivity contribution >= 4 is 11.4 Å². The van der Waals surface area contributed by atoms with Gasteiger partial charge in [-0.05, 0) is 37.0 Å². The number of nitrogens with two attached hydrogens (primary N) is 1. The van der Waals surface area contributed by atoms with Crippen LogP contribution in [0.4, 0.5) is 15.8 Å². The van der Waals surface area contributed by atoms with E-state index in [1.165, 1.54) is 6.07 Å². The van der Waals surface area contributed by atoms with Crippen LogP contribution in [0.2, 0.25) is 0 Å². The highest BCUT2D eigenvalue weighted by atomic mass is 19.1. The Balaban J connectivity index is 2.29. The molecule has 0 bridgehead atoms. The van der Waals surface area contributed by atoms with E-state index in [4.69, 9.17) is 5.73 Å². The van der Waals surface area contributed by atoms with Crippen LogP contribution in [0.15, 0.2) is 18.2 Å². The molecule has 1 aliphatic heterocycles. The number of anilines is 2. The number of hydrogen-bond acceptors (Lipinski definition) is 2. The fourth-order valence-corrected chi connectivity index (χ4v) is 2.54. The smallest absolute Gasteiger partial charge is 0.148 e. The number of halogens is 1. The first-order valence-electron chi connectivity index (χ1n) is 5.91. The third-order valence-electron chi connectivity index (χ3n) is 3.35. The van der Waals surface area contributed by atoms with Crippen LogP contribution in [0.5, 0.6) is 0 Å². The molecule has 1 unspecified atom stereocenters. The Labute approximate surface area is 96.2 Å². The molecule has 2 nitrogen and oxygen atoms in total. The Morgan fingerprint density at radius 1 is 1.44 bits per heavy atom. The quantitative estimate of drug-likeness (QED) is 0.779. The summed E-state index contributed by atoms with van der Waals surface area (Å²) in [6, 6.07) is 5.43. The predicted molar refractivity (Wildman–Crippen MR) is 66.0 cm³/mol. The molecule has 2 rings (SSSR count). The van der Waals surface area contributed by atoms with Gasteiger partial charge in [-0.2, -0.15) is 0 Å². The summed E-state index contributed by atoms with van der Waals surface area (Å²) in [6.07, 6.45) is 2.30. The molecule has 88 valence electrons. The second-order valence-corrected chi connectivity index (χ2v) is 4.86. The van der Waals surface area contributed by atoms with Crippen LogP contribution in [0.25, 0.3) is 0 Å². The molecule has 0 spiro atoms. The molecular weight excluding hydrogens is 203 g/mol. The first-order valence-corrected chi connectivity index (χ1v) is 5.91. The van der Waals surface area contributed by atoms with E-state index in [2.05, 4.69) is 18.7 Å². The van der Waals surface area contributed by atoms with Crippen LogP contribution < -0.4 is 10.6 Å². The summed E-state index contributed by atoms with van der Waals surface area (Å²) in [5, 5.41) is 0. The molecule has 1 aliphatic rings. The molecule has 3 heteroatoms. The zero-order valence-corrected chi connectivity index (χ0v) is 9.91. The number of nitrogen functional groups attached to an aromatic ring is 1. The van der Waals surface area contributed by atoms with Crippen LogP contribution in [-0.2, 0) is 0 Å². The predicted octanol–water partition coefficient (Wildman–Crippen LogP) is 3.03. The second kappa shape index (κ2) is 4.32. The lowest BCUT2D eigenvalue weighted by Gasteiger charge is -2.30. The Hall–Kier alpha value is -1.25. The summed E-state index contributed by atoms with van der Waals surface area (Å²) < 4.78 is 13.8. The third-order valence-corrected chi connectivity index (χ3v) is 3.35. The van der Waals surface area contributed by atoms with E-state index in [0.717, 1.165) is 19.4 Å². The summed E-state index contributed by atoms with van der Waals surface area (Å²) in [5.41, 5.74) is 6.75. The van der Waals surface area contributed by atoms with E-state index in [-0.39, 0.29) is 5.82 Å². The zero-order chi connectivity index (χ0) is 11.7. The minimum atomic E-state index is -0.201. The summed E-state index contributed by atoms with van der Waals surface area (Å²) in [7, 11) is 0. The van der Waals surface area contributed by atoms with Crippen molar-refractivity contribution in [1.29, 1.82) is 0 Å². The van der Waals surface area contributed by atoms with Gasteiger partial charge in [0.2, 0.25) is 0 Å². The molecule has 0 radical (unpaired) electrons. The molecular formula is C13H19FN2.